The molecule has 1 heterocycles. The van der Waals surface area contributed by atoms with Gasteiger partial charge in [-0.05, 0) is 17.7 Å². The van der Waals surface area contributed by atoms with Crippen LogP contribution in [0.2, 0.25) is 10.0 Å². The van der Waals surface area contributed by atoms with Gasteiger partial charge >= 0.3 is 0 Å². The molecule has 2 unspecified atom stereocenters. The number of nitrogens with one attached hydrogen (secondary N) is 1. The summed E-state index contributed by atoms with van der Waals surface area (Å²) in [6.07, 6.45) is -0.00489. The van der Waals surface area contributed by atoms with Gasteiger partial charge in [-0.3, -0.25) is 0 Å². The average molecular weight is 327 g/mol. The average Bonchev–Trinajstić information content (AvgIpc) is 2.59. The number of ether oxygens (including phenoxy) is 2. The molecule has 1 fully saturated rings. The van der Waals surface area contributed by atoms with Gasteiger partial charge < -0.3 is 14.8 Å². The molecule has 2 atom stereocenters. The SMILES string of the molecule is COCC1CNCCOC1c1ccc(Cl)c(Cl)c1.Cl. The third-order valence-corrected chi connectivity index (χ3v) is 3.80. The molecule has 19 heavy (non-hydrogen) atoms. The lowest BCUT2D eigenvalue weighted by molar-refractivity contribution is 0.00254. The predicted molar refractivity (Wildman–Crippen MR) is 80.6 cm³/mol. The second-order valence-corrected chi connectivity index (χ2v) is 5.20. The second kappa shape index (κ2) is 8.30. The first-order valence-corrected chi connectivity index (χ1v) is 6.74. The Morgan fingerprint density at radius 3 is 2.84 bits per heavy atom. The lowest BCUT2D eigenvalue weighted by Crippen LogP contribution is -2.27. The van der Waals surface area contributed by atoms with Crippen LogP contribution in [-0.4, -0.2) is 33.4 Å². The predicted octanol–water partition coefficient (Wildman–Crippen LogP) is 3.34. The minimum Gasteiger partial charge on any atom is -0.384 e. The van der Waals surface area contributed by atoms with Crippen LogP contribution in [0.25, 0.3) is 0 Å². The maximum atomic E-state index is 6.06. The van der Waals surface area contributed by atoms with Gasteiger partial charge in [0.05, 0.1) is 29.4 Å². The Bertz CT molecular complexity index is 403. The lowest BCUT2D eigenvalue weighted by Gasteiger charge is -2.24. The fraction of sp³-hybridized carbons (Fsp3) is 0.538. The summed E-state index contributed by atoms with van der Waals surface area (Å²) in [5, 5.41) is 4.47. The van der Waals surface area contributed by atoms with Crippen molar-refractivity contribution >= 4 is 35.6 Å². The van der Waals surface area contributed by atoms with Gasteiger partial charge in [-0.2, -0.15) is 0 Å². The molecule has 1 aliphatic rings. The van der Waals surface area contributed by atoms with E-state index in [1.807, 2.05) is 18.2 Å². The van der Waals surface area contributed by atoms with E-state index < -0.39 is 0 Å². The van der Waals surface area contributed by atoms with Crippen LogP contribution in [-0.2, 0) is 9.47 Å². The summed E-state index contributed by atoms with van der Waals surface area (Å²) < 4.78 is 11.2. The van der Waals surface area contributed by atoms with Gasteiger partial charge in [0.2, 0.25) is 0 Å². The molecule has 108 valence electrons. The first-order valence-electron chi connectivity index (χ1n) is 5.98. The number of rotatable bonds is 3. The van der Waals surface area contributed by atoms with Gasteiger partial charge in [-0.15, -0.1) is 12.4 Å². The quantitative estimate of drug-likeness (QED) is 0.924. The Labute approximate surface area is 130 Å². The summed E-state index contributed by atoms with van der Waals surface area (Å²) in [6.45, 7) is 3.07. The number of hydrogen-bond donors (Lipinski definition) is 1. The van der Waals surface area contributed by atoms with Crippen LogP contribution in [0.1, 0.15) is 11.7 Å². The van der Waals surface area contributed by atoms with E-state index in [2.05, 4.69) is 5.32 Å². The molecule has 3 nitrogen and oxygen atoms in total. The molecule has 1 N–H and O–H groups in total. The Kier molecular flexibility index (Phi) is 7.44. The van der Waals surface area contributed by atoms with E-state index in [4.69, 9.17) is 32.7 Å². The number of methoxy groups -OCH3 is 1. The van der Waals surface area contributed by atoms with Crippen molar-refractivity contribution in [2.75, 3.05) is 33.4 Å². The minimum absolute atomic E-state index is 0. The Balaban J connectivity index is 0.00000180. The number of hydrogen-bond acceptors (Lipinski definition) is 3. The lowest BCUT2D eigenvalue weighted by atomic mass is 9.96. The first-order chi connectivity index (χ1) is 8.72. The summed E-state index contributed by atoms with van der Waals surface area (Å²) in [5.74, 6) is 0.273. The second-order valence-electron chi connectivity index (χ2n) is 4.38. The van der Waals surface area contributed by atoms with Crippen molar-refractivity contribution < 1.29 is 9.47 Å². The van der Waals surface area contributed by atoms with E-state index in [0.717, 1.165) is 18.7 Å². The Hall–Kier alpha value is -0.0300. The summed E-state index contributed by atoms with van der Waals surface area (Å²) in [6, 6.07) is 5.65. The van der Waals surface area contributed by atoms with Crippen molar-refractivity contribution in [1.29, 1.82) is 0 Å². The molecule has 1 aliphatic heterocycles. The normalized spacial score (nSPS) is 23.5. The molecular formula is C13H18Cl3NO2. The van der Waals surface area contributed by atoms with Crippen LogP contribution >= 0.6 is 35.6 Å². The molecule has 0 aromatic heterocycles. The molecule has 0 saturated carbocycles. The fourth-order valence-electron chi connectivity index (χ4n) is 2.21. The largest absolute Gasteiger partial charge is 0.384 e. The van der Waals surface area contributed by atoms with Crippen LogP contribution in [0.15, 0.2) is 18.2 Å². The highest BCUT2D eigenvalue weighted by molar-refractivity contribution is 6.42. The molecule has 6 heteroatoms. The summed E-state index contributed by atoms with van der Waals surface area (Å²) >= 11 is 12.0. The van der Waals surface area contributed by atoms with Crippen molar-refractivity contribution in [2.45, 2.75) is 6.10 Å². The van der Waals surface area contributed by atoms with Crippen LogP contribution in [0.5, 0.6) is 0 Å². The van der Waals surface area contributed by atoms with E-state index in [-0.39, 0.29) is 24.4 Å². The topological polar surface area (TPSA) is 30.5 Å². The van der Waals surface area contributed by atoms with Crippen LogP contribution in [0.4, 0.5) is 0 Å². The molecule has 1 aromatic carbocycles. The van der Waals surface area contributed by atoms with E-state index in [9.17, 15) is 0 Å². The molecule has 1 saturated heterocycles. The zero-order chi connectivity index (χ0) is 13.0. The third kappa shape index (κ3) is 4.48. The van der Waals surface area contributed by atoms with E-state index in [0.29, 0.717) is 23.3 Å². The molecule has 2 rings (SSSR count). The molecular weight excluding hydrogens is 309 g/mol. The van der Waals surface area contributed by atoms with Gasteiger partial charge in [0, 0.05) is 26.1 Å². The summed E-state index contributed by atoms with van der Waals surface area (Å²) in [5.41, 5.74) is 1.05. The van der Waals surface area contributed by atoms with Gasteiger partial charge in [-0.1, -0.05) is 29.3 Å². The highest BCUT2D eigenvalue weighted by Gasteiger charge is 2.26. The molecule has 0 radical (unpaired) electrons. The summed E-state index contributed by atoms with van der Waals surface area (Å²) in [7, 11) is 1.71. The molecule has 1 aromatic rings. The van der Waals surface area contributed by atoms with E-state index in [1.54, 1.807) is 7.11 Å². The van der Waals surface area contributed by atoms with Crippen LogP contribution < -0.4 is 5.32 Å². The third-order valence-electron chi connectivity index (χ3n) is 3.06. The van der Waals surface area contributed by atoms with Gasteiger partial charge in [0.25, 0.3) is 0 Å². The van der Waals surface area contributed by atoms with Gasteiger partial charge in [0.1, 0.15) is 0 Å². The van der Waals surface area contributed by atoms with Crippen molar-refractivity contribution in [3.63, 3.8) is 0 Å². The number of halogens is 3. The van der Waals surface area contributed by atoms with E-state index in [1.165, 1.54) is 0 Å². The summed E-state index contributed by atoms with van der Waals surface area (Å²) in [4.78, 5) is 0. The smallest absolute Gasteiger partial charge is 0.0888 e. The van der Waals surface area contributed by atoms with Crippen LogP contribution in [0.3, 0.4) is 0 Å². The van der Waals surface area contributed by atoms with Gasteiger partial charge in [0.15, 0.2) is 0 Å². The van der Waals surface area contributed by atoms with Crippen molar-refractivity contribution in [1.82, 2.24) is 5.32 Å². The maximum absolute atomic E-state index is 6.06. The highest BCUT2D eigenvalue weighted by Crippen LogP contribution is 2.32. The molecule has 0 spiro atoms. The monoisotopic (exact) mass is 325 g/mol. The maximum Gasteiger partial charge on any atom is 0.0888 e. The molecule has 0 amide bonds. The highest BCUT2D eigenvalue weighted by atomic mass is 35.5. The fourth-order valence-corrected chi connectivity index (χ4v) is 2.51. The Morgan fingerprint density at radius 1 is 1.37 bits per heavy atom. The minimum atomic E-state index is -0.00489. The Morgan fingerprint density at radius 2 is 2.16 bits per heavy atom. The number of benzene rings is 1. The first kappa shape index (κ1) is 17.0. The van der Waals surface area contributed by atoms with Crippen molar-refractivity contribution in [3.8, 4) is 0 Å². The standard InChI is InChI=1S/C13H17Cl2NO2.ClH/c1-17-8-10-7-16-4-5-18-13(10)9-2-3-11(14)12(15)6-9;/h2-3,6,10,13,16H,4-5,7-8H2,1H3;1H. The zero-order valence-corrected chi connectivity index (χ0v) is 13.0. The van der Waals surface area contributed by atoms with Crippen molar-refractivity contribution in [2.24, 2.45) is 5.92 Å². The zero-order valence-electron chi connectivity index (χ0n) is 10.7. The molecule has 0 bridgehead atoms. The molecule has 0 aliphatic carbocycles. The van der Waals surface area contributed by atoms with Gasteiger partial charge in [-0.25, -0.2) is 0 Å². The van der Waals surface area contributed by atoms with Crippen LogP contribution in [0, 0.1) is 5.92 Å². The van der Waals surface area contributed by atoms with Crippen molar-refractivity contribution in [3.05, 3.63) is 33.8 Å². The van der Waals surface area contributed by atoms with E-state index >= 15 is 0 Å².